The van der Waals surface area contributed by atoms with E-state index < -0.39 is 46.8 Å². The van der Waals surface area contributed by atoms with Gasteiger partial charge in [0.25, 0.3) is 11.8 Å². The Morgan fingerprint density at radius 3 is 2.42 bits per heavy atom. The van der Waals surface area contributed by atoms with Crippen molar-refractivity contribution in [2.45, 2.75) is 37.5 Å². The number of hydrogen-bond donors (Lipinski definition) is 2. The van der Waals surface area contributed by atoms with Gasteiger partial charge in [-0.2, -0.15) is 5.01 Å². The molecule has 2 heterocycles. The predicted molar refractivity (Wildman–Crippen MR) is 187 cm³/mol. The van der Waals surface area contributed by atoms with E-state index in [2.05, 4.69) is 5.43 Å². The van der Waals surface area contributed by atoms with Crippen molar-refractivity contribution in [3.05, 3.63) is 99.6 Å². The minimum Gasteiger partial charge on any atom is -0.497 e. The Balaban J connectivity index is 1.47. The summed E-state index contributed by atoms with van der Waals surface area (Å²) in [6.07, 6.45) is 3.12. The first-order valence-electron chi connectivity index (χ1n) is 16.8. The highest BCUT2D eigenvalue weighted by Crippen LogP contribution is 2.65. The van der Waals surface area contributed by atoms with Gasteiger partial charge in [0.2, 0.25) is 11.8 Å². The van der Waals surface area contributed by atoms with Crippen LogP contribution in [0.3, 0.4) is 0 Å². The van der Waals surface area contributed by atoms with Crippen LogP contribution in [-0.4, -0.2) is 65.5 Å². The normalized spacial score (nSPS) is 27.1. The molecule has 2 aliphatic carbocycles. The highest BCUT2D eigenvalue weighted by molar-refractivity contribution is 6.36. The lowest BCUT2D eigenvalue weighted by molar-refractivity contribution is -0.141. The summed E-state index contributed by atoms with van der Waals surface area (Å²) in [5.41, 5.74) is 3.82. The Kier molecular flexibility index (Phi) is 9.13. The third-order valence-electron chi connectivity index (χ3n) is 10.7. The molecule has 2 saturated heterocycles. The van der Waals surface area contributed by atoms with Crippen LogP contribution < -0.4 is 14.9 Å². The van der Waals surface area contributed by atoms with Crippen LogP contribution in [0.5, 0.6) is 11.5 Å². The maximum atomic E-state index is 15.4. The molecule has 7 rings (SSSR count). The largest absolute Gasteiger partial charge is 0.497 e. The van der Waals surface area contributed by atoms with Gasteiger partial charge in [-0.1, -0.05) is 72.1 Å². The molecule has 4 aliphatic rings. The van der Waals surface area contributed by atoms with Crippen LogP contribution in [0.15, 0.2) is 78.4 Å². The lowest BCUT2D eigenvalue weighted by Crippen LogP contribution is -2.53. The number of rotatable bonds is 10. The first-order valence-corrected chi connectivity index (χ1v) is 17.5. The van der Waals surface area contributed by atoms with Crippen molar-refractivity contribution in [1.29, 1.82) is 0 Å². The van der Waals surface area contributed by atoms with Crippen LogP contribution in [0.25, 0.3) is 0 Å². The number of amides is 4. The molecular formula is C38H37Cl2N3O7. The van der Waals surface area contributed by atoms with Crippen molar-refractivity contribution in [2.75, 3.05) is 32.3 Å². The number of carbonyl (C=O) groups is 4. The number of fused-ring (bicyclic) bond motifs is 4. The van der Waals surface area contributed by atoms with Gasteiger partial charge >= 0.3 is 0 Å². The molecule has 260 valence electrons. The minimum atomic E-state index is -1.52. The quantitative estimate of drug-likeness (QED) is 0.200. The third kappa shape index (κ3) is 5.18. The van der Waals surface area contributed by atoms with E-state index in [1.165, 1.54) is 11.0 Å². The zero-order chi connectivity index (χ0) is 35.3. The number of imide groups is 2. The van der Waals surface area contributed by atoms with Gasteiger partial charge in [0.15, 0.2) is 0 Å². The Morgan fingerprint density at radius 2 is 1.72 bits per heavy atom. The number of aliphatic hydroxyl groups excluding tert-OH is 1. The maximum absolute atomic E-state index is 15.4. The summed E-state index contributed by atoms with van der Waals surface area (Å²) in [6.45, 7) is 2.02. The van der Waals surface area contributed by atoms with E-state index in [1.807, 2.05) is 25.1 Å². The maximum Gasteiger partial charge on any atom is 0.260 e. The number of hydrogen-bond acceptors (Lipinski definition) is 8. The van der Waals surface area contributed by atoms with E-state index in [1.54, 1.807) is 55.6 Å². The van der Waals surface area contributed by atoms with Gasteiger partial charge < -0.3 is 14.6 Å². The van der Waals surface area contributed by atoms with Gasteiger partial charge in [0.1, 0.15) is 18.1 Å². The molecule has 3 aromatic rings. The molecule has 2 N–H and O–H groups in total. The summed E-state index contributed by atoms with van der Waals surface area (Å²) in [5, 5.41) is 11.4. The topological polar surface area (TPSA) is 125 Å². The third-order valence-corrected chi connectivity index (χ3v) is 11.2. The molecule has 12 heteroatoms. The molecule has 50 heavy (non-hydrogen) atoms. The highest BCUT2D eigenvalue weighted by Gasteiger charge is 2.70. The van der Waals surface area contributed by atoms with E-state index in [9.17, 15) is 19.5 Å². The monoisotopic (exact) mass is 717 g/mol. The first kappa shape index (κ1) is 34.1. The molecule has 2 aliphatic heterocycles. The molecule has 10 nitrogen and oxygen atoms in total. The van der Waals surface area contributed by atoms with Gasteiger partial charge in [-0.3, -0.25) is 29.5 Å². The molecule has 3 fully saturated rings. The molecule has 0 radical (unpaired) electrons. The van der Waals surface area contributed by atoms with Gasteiger partial charge in [0, 0.05) is 23.0 Å². The fraction of sp³-hybridized carbons (Fsp3) is 0.368. The molecule has 0 aromatic heterocycles. The lowest BCUT2D eigenvalue weighted by atomic mass is 9.49. The van der Waals surface area contributed by atoms with Gasteiger partial charge in [-0.15, -0.1) is 0 Å². The van der Waals surface area contributed by atoms with E-state index in [0.717, 1.165) is 10.6 Å². The lowest BCUT2D eigenvalue weighted by Gasteiger charge is -2.50. The second kappa shape index (κ2) is 13.4. The van der Waals surface area contributed by atoms with Crippen LogP contribution >= 0.6 is 23.2 Å². The van der Waals surface area contributed by atoms with Crippen molar-refractivity contribution in [1.82, 2.24) is 9.91 Å². The van der Waals surface area contributed by atoms with Crippen LogP contribution in [0.1, 0.15) is 43.2 Å². The molecule has 4 amide bonds. The Morgan fingerprint density at radius 1 is 0.960 bits per heavy atom. The van der Waals surface area contributed by atoms with Crippen LogP contribution in [-0.2, 0) is 24.6 Å². The van der Waals surface area contributed by atoms with Crippen LogP contribution in [0.2, 0.25) is 10.0 Å². The summed E-state index contributed by atoms with van der Waals surface area (Å²) < 4.78 is 11.6. The van der Waals surface area contributed by atoms with E-state index in [0.29, 0.717) is 52.7 Å². The number of methoxy groups -OCH3 is 1. The number of nitrogens with zero attached hydrogens (tertiary/aromatic N) is 2. The number of likely N-dealkylation sites (tertiary alicyclic amines) is 1. The van der Waals surface area contributed by atoms with Gasteiger partial charge in [-0.25, -0.2) is 0 Å². The summed E-state index contributed by atoms with van der Waals surface area (Å²) in [4.78, 5) is 59.3. The van der Waals surface area contributed by atoms with Gasteiger partial charge in [0.05, 0.1) is 47.6 Å². The summed E-state index contributed by atoms with van der Waals surface area (Å²) in [5.74, 6) is -3.88. The molecule has 0 spiro atoms. The number of carbonyl (C=O) groups excluding carboxylic acids is 4. The van der Waals surface area contributed by atoms with E-state index >= 15 is 4.79 Å². The van der Waals surface area contributed by atoms with Crippen molar-refractivity contribution in [3.63, 3.8) is 0 Å². The Hall–Kier alpha value is -4.38. The molecule has 6 atom stereocenters. The fourth-order valence-corrected chi connectivity index (χ4v) is 9.15. The second-order valence-electron chi connectivity index (χ2n) is 13.2. The minimum absolute atomic E-state index is 0.00443. The van der Waals surface area contributed by atoms with Crippen molar-refractivity contribution in [3.8, 4) is 11.5 Å². The molecule has 0 bridgehead atoms. The summed E-state index contributed by atoms with van der Waals surface area (Å²) in [6, 6.07) is 19.1. The number of hydrazine groups is 1. The smallest absolute Gasteiger partial charge is 0.260 e. The van der Waals surface area contributed by atoms with Crippen molar-refractivity contribution >= 4 is 52.5 Å². The molecule has 6 unspecified atom stereocenters. The number of para-hydroxylation sites is 1. The SMILES string of the molecule is CCCN1C(=O)C2CC=C3C(CC4C(=O)N(Nc5ccc(Cl)cc5Cl)C(=O)C4(c4ccc(OC)cc4)C3c3ccccc3OCCO)C2C1=O. The number of benzene rings is 3. The highest BCUT2D eigenvalue weighted by atomic mass is 35.5. The van der Waals surface area contributed by atoms with Crippen LogP contribution in [0, 0.1) is 23.7 Å². The van der Waals surface area contributed by atoms with Crippen LogP contribution in [0.4, 0.5) is 5.69 Å². The fourth-order valence-electron chi connectivity index (χ4n) is 8.70. The number of anilines is 1. The zero-order valence-corrected chi connectivity index (χ0v) is 29.1. The predicted octanol–water partition coefficient (Wildman–Crippen LogP) is 5.77. The van der Waals surface area contributed by atoms with E-state index in [4.69, 9.17) is 32.7 Å². The number of allylic oxidation sites excluding steroid dienone is 2. The summed E-state index contributed by atoms with van der Waals surface area (Å²) >= 11 is 12.7. The Labute approximate surface area is 299 Å². The second-order valence-corrected chi connectivity index (χ2v) is 14.0. The van der Waals surface area contributed by atoms with Gasteiger partial charge in [-0.05, 0) is 67.1 Å². The molecule has 1 saturated carbocycles. The average Bonchev–Trinajstić information content (AvgIpc) is 3.49. The average molecular weight is 719 g/mol. The molecular weight excluding hydrogens is 681 g/mol. The number of nitrogens with one attached hydrogen (secondary N) is 1. The zero-order valence-electron chi connectivity index (χ0n) is 27.6. The van der Waals surface area contributed by atoms with Crippen molar-refractivity contribution < 1.29 is 33.8 Å². The standard InChI is InChI=1S/C38H37Cl2N3O7/c1-3-16-42-34(45)26-14-13-24-27(32(26)36(42)47)20-28-35(46)43(41-30-15-10-22(39)19-29(30)40)37(48)38(28,21-8-11-23(49-2)12-9-21)33(24)25-6-4-5-7-31(25)50-18-17-44/h4-13,15,19,26-28,32-33,41,44H,3,14,16-18,20H2,1-2H3. The van der Waals surface area contributed by atoms with Crippen molar-refractivity contribution in [2.24, 2.45) is 23.7 Å². The molecule has 3 aromatic carbocycles. The number of halogens is 2. The Bertz CT molecular complexity index is 1900. The number of ether oxygens (including phenoxy) is 2. The summed E-state index contributed by atoms with van der Waals surface area (Å²) in [7, 11) is 1.55. The van der Waals surface area contributed by atoms with E-state index in [-0.39, 0.29) is 36.5 Å². The number of aliphatic hydroxyl groups is 1. The first-order chi connectivity index (χ1) is 24.2.